The molecule has 0 spiro atoms. The Labute approximate surface area is 130 Å². The first-order chi connectivity index (χ1) is 10.3. The van der Waals surface area contributed by atoms with Crippen molar-refractivity contribution in [3.8, 4) is 0 Å². The van der Waals surface area contributed by atoms with Gasteiger partial charge < -0.3 is 5.32 Å². The van der Waals surface area contributed by atoms with E-state index < -0.39 is 0 Å². The second kappa shape index (κ2) is 6.96. The zero-order valence-corrected chi connectivity index (χ0v) is 13.8. The Balaban J connectivity index is 1.67. The first-order valence-electron chi connectivity index (χ1n) is 9.08. The van der Waals surface area contributed by atoms with Crippen LogP contribution in [0.5, 0.6) is 0 Å². The van der Waals surface area contributed by atoms with Crippen LogP contribution in [0.15, 0.2) is 24.3 Å². The first-order valence-corrected chi connectivity index (χ1v) is 9.08. The molecule has 2 fully saturated rings. The molecule has 0 aromatic heterocycles. The summed E-state index contributed by atoms with van der Waals surface area (Å²) in [4.78, 5) is 0. The van der Waals surface area contributed by atoms with E-state index in [1.807, 2.05) is 0 Å². The van der Waals surface area contributed by atoms with Gasteiger partial charge in [0, 0.05) is 6.04 Å². The molecule has 1 nitrogen and oxygen atoms in total. The van der Waals surface area contributed by atoms with E-state index in [1.54, 1.807) is 5.56 Å². The largest absolute Gasteiger partial charge is 0.314 e. The van der Waals surface area contributed by atoms with Gasteiger partial charge in [-0.25, -0.2) is 0 Å². The molecule has 1 N–H and O–H groups in total. The number of hydrogen-bond acceptors (Lipinski definition) is 1. The van der Waals surface area contributed by atoms with E-state index in [-0.39, 0.29) is 0 Å². The molecule has 0 saturated heterocycles. The molecular weight excluding hydrogens is 254 g/mol. The lowest BCUT2D eigenvalue weighted by Gasteiger charge is -2.35. The van der Waals surface area contributed by atoms with Crippen LogP contribution in [0.25, 0.3) is 0 Å². The van der Waals surface area contributed by atoms with Crippen molar-refractivity contribution in [3.05, 3.63) is 35.4 Å². The molecule has 0 heterocycles. The lowest BCUT2D eigenvalue weighted by Crippen LogP contribution is -2.32. The smallest absolute Gasteiger partial charge is 0.00683 e. The number of nitrogens with one attached hydrogen (secondary N) is 1. The van der Waals surface area contributed by atoms with Gasteiger partial charge in [-0.3, -0.25) is 0 Å². The third-order valence-corrected chi connectivity index (χ3v) is 5.45. The van der Waals surface area contributed by atoms with Crippen molar-refractivity contribution in [2.75, 3.05) is 6.54 Å². The number of aryl methyl sites for hydroxylation is 1. The summed E-state index contributed by atoms with van der Waals surface area (Å²) in [6.07, 6.45) is 9.47. The monoisotopic (exact) mass is 285 g/mol. The summed E-state index contributed by atoms with van der Waals surface area (Å²) >= 11 is 0. The van der Waals surface area contributed by atoms with Crippen LogP contribution < -0.4 is 5.32 Å². The predicted molar refractivity (Wildman–Crippen MR) is 90.7 cm³/mol. The Morgan fingerprint density at radius 3 is 2.48 bits per heavy atom. The molecule has 0 bridgehead atoms. The molecule has 21 heavy (non-hydrogen) atoms. The summed E-state index contributed by atoms with van der Waals surface area (Å²) in [6, 6.07) is 10.4. The van der Waals surface area contributed by atoms with Gasteiger partial charge in [0.1, 0.15) is 0 Å². The van der Waals surface area contributed by atoms with Crippen LogP contribution in [0.4, 0.5) is 0 Å². The molecule has 2 aliphatic rings. The zero-order chi connectivity index (χ0) is 14.7. The highest BCUT2D eigenvalue weighted by Crippen LogP contribution is 2.40. The fraction of sp³-hybridized carbons (Fsp3) is 0.700. The minimum Gasteiger partial charge on any atom is -0.314 e. The van der Waals surface area contributed by atoms with Gasteiger partial charge in [-0.2, -0.15) is 0 Å². The van der Waals surface area contributed by atoms with Crippen molar-refractivity contribution in [2.24, 2.45) is 11.8 Å². The van der Waals surface area contributed by atoms with Crippen LogP contribution in [0.2, 0.25) is 0 Å². The number of benzene rings is 1. The quantitative estimate of drug-likeness (QED) is 0.783. The van der Waals surface area contributed by atoms with Crippen LogP contribution in [-0.2, 0) is 6.42 Å². The second-order valence-electron chi connectivity index (χ2n) is 7.46. The molecule has 1 heteroatoms. The first kappa shape index (κ1) is 15.1. The Bertz CT molecular complexity index is 432. The van der Waals surface area contributed by atoms with Crippen molar-refractivity contribution in [1.82, 2.24) is 5.32 Å². The van der Waals surface area contributed by atoms with Crippen molar-refractivity contribution >= 4 is 0 Å². The standard InChI is InChI=1S/C20H31N/c1-3-4-16-6-9-17(10-7-16)20-13-15(2)5-8-18(20)14-21-19-11-12-19/h6-7,9-10,15,18-21H,3-5,8,11-14H2,1-2H3. The van der Waals surface area contributed by atoms with Gasteiger partial charge in [0.15, 0.2) is 0 Å². The Morgan fingerprint density at radius 1 is 1.05 bits per heavy atom. The van der Waals surface area contributed by atoms with E-state index in [0.29, 0.717) is 0 Å². The highest BCUT2D eigenvalue weighted by atomic mass is 14.9. The molecule has 0 radical (unpaired) electrons. The maximum Gasteiger partial charge on any atom is 0.00683 e. The van der Waals surface area contributed by atoms with Crippen LogP contribution in [0.3, 0.4) is 0 Å². The molecule has 1 aromatic carbocycles. The molecule has 2 saturated carbocycles. The van der Waals surface area contributed by atoms with E-state index in [4.69, 9.17) is 0 Å². The van der Waals surface area contributed by atoms with Gasteiger partial charge in [0.25, 0.3) is 0 Å². The molecular formula is C20H31N. The van der Waals surface area contributed by atoms with E-state index in [2.05, 4.69) is 43.4 Å². The molecule has 2 aliphatic carbocycles. The lowest BCUT2D eigenvalue weighted by atomic mass is 9.71. The van der Waals surface area contributed by atoms with E-state index in [0.717, 1.165) is 23.8 Å². The highest BCUT2D eigenvalue weighted by Gasteiger charge is 2.31. The van der Waals surface area contributed by atoms with Gasteiger partial charge in [0.2, 0.25) is 0 Å². The van der Waals surface area contributed by atoms with Crippen LogP contribution in [0, 0.1) is 11.8 Å². The average Bonchev–Trinajstić information content (AvgIpc) is 3.31. The highest BCUT2D eigenvalue weighted by molar-refractivity contribution is 5.26. The predicted octanol–water partition coefficient (Wildman–Crippen LogP) is 4.91. The van der Waals surface area contributed by atoms with Crippen molar-refractivity contribution in [1.29, 1.82) is 0 Å². The fourth-order valence-electron chi connectivity index (χ4n) is 3.92. The van der Waals surface area contributed by atoms with E-state index in [1.165, 1.54) is 57.1 Å². The van der Waals surface area contributed by atoms with E-state index >= 15 is 0 Å². The maximum absolute atomic E-state index is 3.77. The van der Waals surface area contributed by atoms with Gasteiger partial charge in [-0.15, -0.1) is 0 Å². The van der Waals surface area contributed by atoms with Crippen molar-refractivity contribution < 1.29 is 0 Å². The molecule has 3 atom stereocenters. The maximum atomic E-state index is 3.77. The van der Waals surface area contributed by atoms with E-state index in [9.17, 15) is 0 Å². The van der Waals surface area contributed by atoms with Gasteiger partial charge >= 0.3 is 0 Å². The van der Waals surface area contributed by atoms with Crippen molar-refractivity contribution in [2.45, 2.75) is 70.8 Å². The summed E-state index contributed by atoms with van der Waals surface area (Å²) in [5.74, 6) is 2.51. The minimum atomic E-state index is 0.774. The topological polar surface area (TPSA) is 12.0 Å². The Morgan fingerprint density at radius 2 is 1.81 bits per heavy atom. The molecule has 116 valence electrons. The summed E-state index contributed by atoms with van der Waals surface area (Å²) in [6.45, 7) is 5.93. The minimum absolute atomic E-state index is 0.774. The van der Waals surface area contributed by atoms with Gasteiger partial charge in [0.05, 0.1) is 0 Å². The van der Waals surface area contributed by atoms with Crippen LogP contribution in [0.1, 0.15) is 69.4 Å². The molecule has 3 unspecified atom stereocenters. The molecule has 1 aromatic rings. The van der Waals surface area contributed by atoms with Crippen molar-refractivity contribution in [3.63, 3.8) is 0 Å². The average molecular weight is 285 g/mol. The Hall–Kier alpha value is -0.820. The third-order valence-electron chi connectivity index (χ3n) is 5.45. The van der Waals surface area contributed by atoms with Crippen LogP contribution in [-0.4, -0.2) is 12.6 Å². The SMILES string of the molecule is CCCc1ccc(C2CC(C)CCC2CNC2CC2)cc1. The fourth-order valence-corrected chi connectivity index (χ4v) is 3.92. The van der Waals surface area contributed by atoms with Crippen LogP contribution >= 0.6 is 0 Å². The third kappa shape index (κ3) is 4.10. The molecule has 0 aliphatic heterocycles. The lowest BCUT2D eigenvalue weighted by molar-refractivity contribution is 0.241. The number of rotatable bonds is 6. The van der Waals surface area contributed by atoms with Gasteiger partial charge in [-0.05, 0) is 67.5 Å². The second-order valence-corrected chi connectivity index (χ2v) is 7.46. The summed E-state index contributed by atoms with van der Waals surface area (Å²) < 4.78 is 0. The summed E-state index contributed by atoms with van der Waals surface area (Å²) in [5, 5.41) is 3.77. The normalized spacial score (nSPS) is 29.5. The van der Waals surface area contributed by atoms with Gasteiger partial charge in [-0.1, -0.05) is 51.0 Å². The molecule has 0 amide bonds. The molecule has 3 rings (SSSR count). The zero-order valence-electron chi connectivity index (χ0n) is 13.8. The Kier molecular flexibility index (Phi) is 5.00. The summed E-state index contributed by atoms with van der Waals surface area (Å²) in [7, 11) is 0. The number of hydrogen-bond donors (Lipinski definition) is 1. The summed E-state index contributed by atoms with van der Waals surface area (Å²) in [5.41, 5.74) is 3.08.